The molecule has 0 bridgehead atoms. The minimum atomic E-state index is 0.722. The largest absolute Gasteiger partial charge is 0.0654 e. The molecule has 5 aliphatic rings. The molecule has 0 nitrogen and oxygen atoms in total. The number of unbranched alkanes of at least 4 members (excludes halogenated alkanes) is 6. The Morgan fingerprint density at radius 3 is 0.914 bits per heavy atom. The van der Waals surface area contributed by atoms with E-state index in [1.165, 1.54) is 186 Å². The molecular weight excluding hydrogens is 697 g/mol. The summed E-state index contributed by atoms with van der Waals surface area (Å²) >= 11 is 0. The third kappa shape index (κ3) is 52.1. The van der Waals surface area contributed by atoms with E-state index in [-0.39, 0.29) is 0 Å². The van der Waals surface area contributed by atoms with Gasteiger partial charge in [0.2, 0.25) is 0 Å². The summed E-state index contributed by atoms with van der Waals surface area (Å²) in [4.78, 5) is 0. The number of rotatable bonds is 14. The summed E-state index contributed by atoms with van der Waals surface area (Å²) in [5.41, 5.74) is 0.722. The van der Waals surface area contributed by atoms with Crippen molar-refractivity contribution in [3.8, 4) is 0 Å². The van der Waals surface area contributed by atoms with Gasteiger partial charge in [-0.2, -0.15) is 0 Å². The molecule has 0 N–H and O–H groups in total. The molecule has 0 aromatic carbocycles. The molecule has 0 heteroatoms. The van der Waals surface area contributed by atoms with Gasteiger partial charge in [-0.3, -0.25) is 0 Å². The molecule has 0 spiro atoms. The van der Waals surface area contributed by atoms with Crippen LogP contribution in [0.4, 0.5) is 0 Å². The molecule has 5 fully saturated rings. The molecule has 5 rings (SSSR count). The minimum Gasteiger partial charge on any atom is -0.0654 e. The molecule has 2 unspecified atom stereocenters. The van der Waals surface area contributed by atoms with E-state index in [9.17, 15) is 0 Å². The van der Waals surface area contributed by atoms with Crippen LogP contribution in [0.5, 0.6) is 0 Å². The first kappa shape index (κ1) is 64.6. The maximum absolute atomic E-state index is 2.34. The van der Waals surface area contributed by atoms with Crippen LogP contribution in [-0.4, -0.2) is 0 Å². The smallest absolute Gasteiger partial charge is 0.0354 e. The van der Waals surface area contributed by atoms with Gasteiger partial charge in [0, 0.05) is 0 Å². The molecule has 0 radical (unpaired) electrons. The summed E-state index contributed by atoms with van der Waals surface area (Å²) in [5, 5.41) is 0. The van der Waals surface area contributed by atoms with E-state index in [2.05, 4.69) is 132 Å². The SMILES string of the molecule is CC1(C)CCC1.CC1CC(C)C1.CC1CCCC1.CC1CC[C@H]1C.CCC1CCC1.CCCC(C)CC.CCCCC(C)C.CCCCC(C)C.CCCCCCC. The van der Waals surface area contributed by atoms with Crippen molar-refractivity contribution in [2.75, 3.05) is 0 Å². The van der Waals surface area contributed by atoms with Gasteiger partial charge in [-0.05, 0) is 84.4 Å². The summed E-state index contributed by atoms with van der Waals surface area (Å²) < 4.78 is 0. The van der Waals surface area contributed by atoms with Crippen molar-refractivity contribution in [1.82, 2.24) is 0 Å². The topological polar surface area (TPSA) is 0 Å². The van der Waals surface area contributed by atoms with Crippen LogP contribution in [0.2, 0.25) is 0 Å². The van der Waals surface area contributed by atoms with Gasteiger partial charge in [-0.1, -0.05) is 292 Å². The average Bonchev–Trinajstić information content (AvgIpc) is 3.64. The fourth-order valence-corrected chi connectivity index (χ4v) is 7.65. The van der Waals surface area contributed by atoms with Gasteiger partial charge in [0.05, 0.1) is 0 Å². The van der Waals surface area contributed by atoms with Gasteiger partial charge in [-0.15, -0.1) is 0 Å². The van der Waals surface area contributed by atoms with Crippen LogP contribution in [0, 0.1) is 58.7 Å². The zero-order chi connectivity index (χ0) is 45.2. The normalized spacial score (nSPS) is 22.7. The first-order valence-electron chi connectivity index (χ1n) is 27.4. The fraction of sp³-hybridized carbons (Fsp3) is 1.00. The summed E-state index contributed by atoms with van der Waals surface area (Å²) in [6, 6.07) is 0. The molecule has 3 atom stereocenters. The quantitative estimate of drug-likeness (QED) is 0.153. The van der Waals surface area contributed by atoms with Crippen molar-refractivity contribution in [2.45, 2.75) is 318 Å². The molecule has 0 aromatic rings. The maximum Gasteiger partial charge on any atom is -0.0354 e. The fourth-order valence-electron chi connectivity index (χ4n) is 7.65. The minimum absolute atomic E-state index is 0.722. The van der Waals surface area contributed by atoms with Gasteiger partial charge in [0.1, 0.15) is 0 Å². The van der Waals surface area contributed by atoms with Crippen molar-refractivity contribution in [3.05, 3.63) is 0 Å². The zero-order valence-corrected chi connectivity index (χ0v) is 45.2. The van der Waals surface area contributed by atoms with Crippen molar-refractivity contribution in [1.29, 1.82) is 0 Å². The van der Waals surface area contributed by atoms with Crippen LogP contribution >= 0.6 is 0 Å². The van der Waals surface area contributed by atoms with Crippen LogP contribution in [0.1, 0.15) is 318 Å². The highest BCUT2D eigenvalue weighted by Gasteiger charge is 2.25. The molecule has 0 aromatic heterocycles. The lowest BCUT2D eigenvalue weighted by Crippen LogP contribution is -2.20. The molecule has 5 aliphatic carbocycles. The molecule has 0 saturated heterocycles. The summed E-state index contributed by atoms with van der Waals surface area (Å²) in [7, 11) is 0. The van der Waals surface area contributed by atoms with Gasteiger partial charge in [-0.25, -0.2) is 0 Å². The molecule has 58 heavy (non-hydrogen) atoms. The van der Waals surface area contributed by atoms with E-state index in [1.54, 1.807) is 0 Å². The Balaban J connectivity index is -0.000000283. The average molecular weight is 822 g/mol. The van der Waals surface area contributed by atoms with Crippen LogP contribution in [-0.2, 0) is 0 Å². The third-order valence-electron chi connectivity index (χ3n) is 13.8. The third-order valence-corrected chi connectivity index (χ3v) is 13.8. The van der Waals surface area contributed by atoms with Crippen molar-refractivity contribution < 1.29 is 0 Å². The Morgan fingerprint density at radius 1 is 0.431 bits per heavy atom. The predicted octanol–water partition coefficient (Wildman–Crippen LogP) is 22.2. The van der Waals surface area contributed by atoms with Crippen LogP contribution < -0.4 is 0 Å². The molecule has 0 amide bonds. The second kappa shape index (κ2) is 46.5. The highest BCUT2D eigenvalue weighted by atomic mass is 14.3. The van der Waals surface area contributed by atoms with E-state index in [1.807, 2.05) is 0 Å². The molecule has 5 saturated carbocycles. The zero-order valence-electron chi connectivity index (χ0n) is 45.2. The highest BCUT2D eigenvalue weighted by molar-refractivity contribution is 4.77. The van der Waals surface area contributed by atoms with Crippen LogP contribution in [0.25, 0.3) is 0 Å². The number of hydrogen-bond acceptors (Lipinski definition) is 0. The Morgan fingerprint density at radius 2 is 0.828 bits per heavy atom. The standard InChI is InChI=1S/4C7H16.5C6H12/c2*1-4-5-6-7(2)3;1-4-6-7(3)5-2;1-3-5-7-6-4-2;1-5-3-6(2)4-5;1-6(2)4-3-5-6;1-5-3-4-6(5)2;1-6-4-2-3-5-6;1-2-6-4-3-5-6/h3*7H,4-6H2,1-3H3;3-7H2,1-2H3;5-6H,3-4H2,1-2H3;3-5H2,1-2H3;5-6H,3-4H2,1-2H3;2*6H,2-5H2,1H3/t;;;;;;5-,6?;;/m......1../s1. The predicted molar refractivity (Wildman–Crippen MR) is 276 cm³/mol. The molecule has 0 heterocycles. The van der Waals surface area contributed by atoms with Gasteiger partial charge < -0.3 is 0 Å². The van der Waals surface area contributed by atoms with E-state index < -0.39 is 0 Å². The van der Waals surface area contributed by atoms with Gasteiger partial charge >= 0.3 is 0 Å². The maximum atomic E-state index is 2.34. The lowest BCUT2D eigenvalue weighted by atomic mass is 9.72. The van der Waals surface area contributed by atoms with Crippen molar-refractivity contribution in [2.24, 2.45) is 58.7 Å². The lowest BCUT2D eigenvalue weighted by molar-refractivity contribution is 0.190. The van der Waals surface area contributed by atoms with Gasteiger partial charge in [0.15, 0.2) is 0 Å². The summed E-state index contributed by atoms with van der Waals surface area (Å²) in [6.45, 7) is 43.4. The second-order valence-corrected chi connectivity index (χ2v) is 22.3. The Hall–Kier alpha value is 0. The Labute approximate surface area is 375 Å². The van der Waals surface area contributed by atoms with Crippen molar-refractivity contribution >= 4 is 0 Å². The first-order valence-corrected chi connectivity index (χ1v) is 27.4. The van der Waals surface area contributed by atoms with Crippen LogP contribution in [0.15, 0.2) is 0 Å². The van der Waals surface area contributed by atoms with Crippen LogP contribution in [0.3, 0.4) is 0 Å². The monoisotopic (exact) mass is 821 g/mol. The Bertz CT molecular complexity index is 676. The lowest BCUT2D eigenvalue weighted by Gasteiger charge is -2.33. The van der Waals surface area contributed by atoms with E-state index >= 15 is 0 Å². The summed E-state index contributed by atoms with van der Waals surface area (Å²) in [6.07, 6.45) is 41.5. The Kier molecular flexibility index (Phi) is 51.8. The highest BCUT2D eigenvalue weighted by Crippen LogP contribution is 2.39. The second-order valence-electron chi connectivity index (χ2n) is 22.3. The van der Waals surface area contributed by atoms with E-state index in [0.717, 1.165) is 58.7 Å². The molecule has 0 aliphatic heterocycles. The van der Waals surface area contributed by atoms with Gasteiger partial charge in [0.25, 0.3) is 0 Å². The number of hydrogen-bond donors (Lipinski definition) is 0. The molecule has 356 valence electrons. The molecular formula is C58H124. The van der Waals surface area contributed by atoms with Crippen molar-refractivity contribution in [3.63, 3.8) is 0 Å². The van der Waals surface area contributed by atoms with E-state index in [0.29, 0.717) is 0 Å². The summed E-state index contributed by atoms with van der Waals surface area (Å²) in [5.74, 6) is 9.06. The van der Waals surface area contributed by atoms with E-state index in [4.69, 9.17) is 0 Å². The first-order chi connectivity index (χ1) is 27.4.